The SMILES string of the molecule is Cl.NC1CCC2CN(C(=O)c3sccc3S(=O)(=O)C(F)F)CC12. The fraction of sp³-hybridized carbons (Fsp3) is 0.615. The van der Waals surface area contributed by atoms with Gasteiger partial charge in [-0.1, -0.05) is 0 Å². The molecule has 130 valence electrons. The fourth-order valence-corrected chi connectivity index (χ4v) is 5.52. The summed E-state index contributed by atoms with van der Waals surface area (Å²) in [5, 5.41) is 1.35. The molecule has 1 saturated carbocycles. The molecule has 0 bridgehead atoms. The van der Waals surface area contributed by atoms with Crippen LogP contribution in [0.25, 0.3) is 0 Å². The third-order valence-electron chi connectivity index (χ3n) is 4.56. The molecule has 3 atom stereocenters. The lowest BCUT2D eigenvalue weighted by molar-refractivity contribution is 0.0781. The van der Waals surface area contributed by atoms with Crippen molar-refractivity contribution in [3.8, 4) is 0 Å². The van der Waals surface area contributed by atoms with Crippen LogP contribution in [0.15, 0.2) is 16.3 Å². The number of hydrogen-bond acceptors (Lipinski definition) is 5. The van der Waals surface area contributed by atoms with Crippen molar-refractivity contribution in [1.29, 1.82) is 0 Å². The number of amides is 1. The standard InChI is InChI=1S/C13H16F2N2O3S2.ClH/c14-13(15)22(19,20)10-3-4-21-11(10)12(18)17-5-7-1-2-9(16)8(7)6-17;/h3-4,7-9,13H,1-2,5-6,16H2;1H. The summed E-state index contributed by atoms with van der Waals surface area (Å²) in [5.41, 5.74) is 6.01. The summed E-state index contributed by atoms with van der Waals surface area (Å²) in [6, 6.07) is 1.12. The van der Waals surface area contributed by atoms with Crippen LogP contribution in [-0.4, -0.2) is 44.1 Å². The zero-order valence-electron chi connectivity index (χ0n) is 12.0. The van der Waals surface area contributed by atoms with Gasteiger partial charge in [-0.15, -0.1) is 23.7 Å². The average molecular weight is 387 g/mol. The average Bonchev–Trinajstić information content (AvgIpc) is 3.15. The summed E-state index contributed by atoms with van der Waals surface area (Å²) in [7, 11) is -4.76. The van der Waals surface area contributed by atoms with Crippen molar-refractivity contribution in [3.05, 3.63) is 16.3 Å². The van der Waals surface area contributed by atoms with Crippen molar-refractivity contribution in [3.63, 3.8) is 0 Å². The van der Waals surface area contributed by atoms with Crippen LogP contribution in [0.3, 0.4) is 0 Å². The summed E-state index contributed by atoms with van der Waals surface area (Å²) >= 11 is 0.883. The maximum absolute atomic E-state index is 12.7. The van der Waals surface area contributed by atoms with Crippen molar-refractivity contribution in [2.75, 3.05) is 13.1 Å². The van der Waals surface area contributed by atoms with E-state index in [0.717, 1.165) is 30.2 Å². The van der Waals surface area contributed by atoms with Crippen LogP contribution in [0.2, 0.25) is 0 Å². The van der Waals surface area contributed by atoms with Gasteiger partial charge >= 0.3 is 5.76 Å². The third kappa shape index (κ3) is 3.11. The molecule has 10 heteroatoms. The van der Waals surface area contributed by atoms with Gasteiger partial charge in [-0.05, 0) is 36.1 Å². The minimum Gasteiger partial charge on any atom is -0.337 e. The highest BCUT2D eigenvalue weighted by molar-refractivity contribution is 7.92. The molecule has 1 saturated heterocycles. The summed E-state index contributed by atoms with van der Waals surface area (Å²) in [5.74, 6) is -3.47. The molecule has 3 unspecified atom stereocenters. The molecule has 0 aromatic carbocycles. The molecule has 1 aromatic heterocycles. The molecule has 1 aliphatic heterocycles. The summed E-state index contributed by atoms with van der Waals surface area (Å²) in [6.45, 7) is 0.986. The Morgan fingerprint density at radius 3 is 2.65 bits per heavy atom. The minimum atomic E-state index is -4.76. The van der Waals surface area contributed by atoms with Crippen LogP contribution in [0.5, 0.6) is 0 Å². The van der Waals surface area contributed by atoms with Gasteiger partial charge in [0.25, 0.3) is 5.91 Å². The van der Waals surface area contributed by atoms with Gasteiger partial charge in [0.2, 0.25) is 9.84 Å². The van der Waals surface area contributed by atoms with E-state index in [9.17, 15) is 22.0 Å². The van der Waals surface area contributed by atoms with E-state index in [-0.39, 0.29) is 29.2 Å². The van der Waals surface area contributed by atoms with Gasteiger partial charge in [0, 0.05) is 19.1 Å². The van der Waals surface area contributed by atoms with Gasteiger partial charge in [-0.25, -0.2) is 8.42 Å². The number of carbonyl (C=O) groups excluding carboxylic acids is 1. The number of rotatable bonds is 3. The predicted octanol–water partition coefficient (Wildman–Crippen LogP) is 1.98. The normalized spacial score (nSPS) is 27.1. The highest BCUT2D eigenvalue weighted by Crippen LogP contribution is 2.38. The number of likely N-dealkylation sites (tertiary alicyclic amines) is 1. The largest absolute Gasteiger partial charge is 0.341 e. The van der Waals surface area contributed by atoms with Gasteiger partial charge in [-0.2, -0.15) is 8.78 Å². The molecule has 3 rings (SSSR count). The van der Waals surface area contributed by atoms with E-state index >= 15 is 0 Å². The first-order valence-corrected chi connectivity index (χ1v) is 9.39. The number of hydrogen-bond donors (Lipinski definition) is 1. The number of halogens is 3. The van der Waals surface area contributed by atoms with Gasteiger partial charge in [-0.3, -0.25) is 4.79 Å². The van der Waals surface area contributed by atoms with E-state index in [1.807, 2.05) is 0 Å². The van der Waals surface area contributed by atoms with E-state index in [0.29, 0.717) is 19.0 Å². The smallest absolute Gasteiger partial charge is 0.337 e. The zero-order chi connectivity index (χ0) is 16.1. The first-order chi connectivity index (χ1) is 10.3. The van der Waals surface area contributed by atoms with Crippen LogP contribution in [0, 0.1) is 11.8 Å². The van der Waals surface area contributed by atoms with Crippen molar-refractivity contribution in [1.82, 2.24) is 4.90 Å². The Hall–Kier alpha value is -0.770. The number of alkyl halides is 2. The second-order valence-corrected chi connectivity index (χ2v) is 8.60. The van der Waals surface area contributed by atoms with Crippen molar-refractivity contribution in [2.45, 2.75) is 29.5 Å². The molecule has 23 heavy (non-hydrogen) atoms. The number of fused-ring (bicyclic) bond motifs is 1. The third-order valence-corrected chi connectivity index (χ3v) is 7.02. The van der Waals surface area contributed by atoms with Crippen LogP contribution in [0.4, 0.5) is 8.78 Å². The Morgan fingerprint density at radius 2 is 2.04 bits per heavy atom. The van der Waals surface area contributed by atoms with E-state index in [1.165, 1.54) is 5.38 Å². The molecular formula is C13H17ClF2N2O3S2. The Labute approximate surface area is 143 Å². The van der Waals surface area contributed by atoms with Crippen LogP contribution in [-0.2, 0) is 9.84 Å². The molecule has 2 aliphatic rings. The molecule has 0 radical (unpaired) electrons. The number of nitrogens with zero attached hydrogens (tertiary/aromatic N) is 1. The van der Waals surface area contributed by atoms with Crippen molar-refractivity contribution < 1.29 is 22.0 Å². The van der Waals surface area contributed by atoms with Crippen molar-refractivity contribution >= 4 is 39.5 Å². The van der Waals surface area contributed by atoms with Crippen LogP contribution in [0.1, 0.15) is 22.5 Å². The molecule has 1 amide bonds. The van der Waals surface area contributed by atoms with Gasteiger partial charge in [0.05, 0.1) is 4.90 Å². The number of nitrogens with two attached hydrogens (primary N) is 1. The monoisotopic (exact) mass is 386 g/mol. The van der Waals surface area contributed by atoms with E-state index in [4.69, 9.17) is 5.73 Å². The van der Waals surface area contributed by atoms with Crippen LogP contribution < -0.4 is 5.73 Å². The molecule has 2 fully saturated rings. The molecule has 0 spiro atoms. The van der Waals surface area contributed by atoms with E-state index in [1.54, 1.807) is 4.90 Å². The molecule has 2 heterocycles. The summed E-state index contributed by atoms with van der Waals surface area (Å²) < 4.78 is 48.7. The Bertz CT molecular complexity index is 695. The highest BCUT2D eigenvalue weighted by Gasteiger charge is 2.43. The first-order valence-electron chi connectivity index (χ1n) is 6.96. The topological polar surface area (TPSA) is 80.5 Å². The zero-order valence-corrected chi connectivity index (χ0v) is 14.5. The Balaban J connectivity index is 0.00000192. The lowest BCUT2D eigenvalue weighted by Crippen LogP contribution is -2.33. The number of thiophene rings is 1. The van der Waals surface area contributed by atoms with Crippen LogP contribution >= 0.6 is 23.7 Å². The predicted molar refractivity (Wildman–Crippen MR) is 84.8 cm³/mol. The highest BCUT2D eigenvalue weighted by atomic mass is 35.5. The lowest BCUT2D eigenvalue weighted by atomic mass is 9.98. The lowest BCUT2D eigenvalue weighted by Gasteiger charge is -2.18. The van der Waals surface area contributed by atoms with Crippen molar-refractivity contribution in [2.24, 2.45) is 17.6 Å². The summed E-state index contributed by atoms with van der Waals surface area (Å²) in [4.78, 5) is 13.4. The fourth-order valence-electron chi connectivity index (χ4n) is 3.39. The summed E-state index contributed by atoms with van der Waals surface area (Å²) in [6.07, 6.45) is 1.88. The van der Waals surface area contributed by atoms with Gasteiger partial charge in [0.1, 0.15) is 4.88 Å². The molecule has 1 aliphatic carbocycles. The quantitative estimate of drug-likeness (QED) is 0.861. The molecule has 1 aromatic rings. The number of sulfone groups is 1. The first kappa shape index (κ1) is 18.6. The van der Waals surface area contributed by atoms with Gasteiger partial charge in [0.15, 0.2) is 0 Å². The Kier molecular flexibility index (Phi) is 5.34. The molecule has 2 N–H and O–H groups in total. The maximum atomic E-state index is 12.7. The second-order valence-electron chi connectivity index (χ2n) is 5.79. The maximum Gasteiger partial charge on any atom is 0.341 e. The minimum absolute atomic E-state index is 0. The van der Waals surface area contributed by atoms with E-state index in [2.05, 4.69) is 0 Å². The number of carbonyl (C=O) groups is 1. The molecular weight excluding hydrogens is 370 g/mol. The van der Waals surface area contributed by atoms with Gasteiger partial charge < -0.3 is 10.6 Å². The van der Waals surface area contributed by atoms with E-state index < -0.39 is 26.4 Å². The molecule has 5 nitrogen and oxygen atoms in total. The second kappa shape index (κ2) is 6.62. The Morgan fingerprint density at radius 1 is 1.35 bits per heavy atom.